The van der Waals surface area contributed by atoms with Crippen molar-refractivity contribution in [3.63, 3.8) is 0 Å². The Bertz CT molecular complexity index is 674. The lowest BCUT2D eigenvalue weighted by molar-refractivity contribution is -0.138. The zero-order valence-corrected chi connectivity index (χ0v) is 15.5. The van der Waals surface area contributed by atoms with Gasteiger partial charge in [0, 0.05) is 11.0 Å². The van der Waals surface area contributed by atoms with Crippen molar-refractivity contribution in [1.29, 1.82) is 0 Å². The normalized spacial score (nSPS) is 12.2. The molecule has 0 spiro atoms. The first-order valence-electron chi connectivity index (χ1n) is 7.81. The summed E-state index contributed by atoms with van der Waals surface area (Å²) >= 11 is 3.46. The number of hydrogen-bond acceptors (Lipinski definition) is 3. The van der Waals surface area contributed by atoms with Gasteiger partial charge in [0.25, 0.3) is 0 Å². The van der Waals surface area contributed by atoms with Gasteiger partial charge < -0.3 is 14.7 Å². The summed E-state index contributed by atoms with van der Waals surface area (Å²) < 4.78 is 6.78. The molecule has 0 aliphatic heterocycles. The Morgan fingerprint density at radius 2 is 1.92 bits per heavy atom. The standard InChI is InChI=1S/C19H22BrNO3/c1-21(2)10-11-24-18-9-8-16(20)12-15(18)13-17(19(22)23)14-6-4-3-5-7-14/h3-9,12,17H,10-11,13H2,1-2H3,(H,22,23). The van der Waals surface area contributed by atoms with Gasteiger partial charge in [0.05, 0.1) is 5.92 Å². The zero-order chi connectivity index (χ0) is 17.5. The molecule has 2 aromatic carbocycles. The largest absolute Gasteiger partial charge is 0.492 e. The van der Waals surface area contributed by atoms with Gasteiger partial charge in [-0.15, -0.1) is 0 Å². The first kappa shape index (κ1) is 18.5. The number of carbonyl (C=O) groups is 1. The lowest BCUT2D eigenvalue weighted by atomic mass is 9.92. The molecular weight excluding hydrogens is 370 g/mol. The predicted octanol–water partition coefficient (Wildman–Crippen LogP) is 3.80. The Balaban J connectivity index is 2.22. The number of carboxylic acids is 1. The topological polar surface area (TPSA) is 49.8 Å². The highest BCUT2D eigenvalue weighted by molar-refractivity contribution is 9.10. The minimum absolute atomic E-state index is 0.385. The molecular formula is C19H22BrNO3. The highest BCUT2D eigenvalue weighted by Gasteiger charge is 2.22. The molecule has 0 aromatic heterocycles. The van der Waals surface area contributed by atoms with E-state index in [-0.39, 0.29) is 0 Å². The van der Waals surface area contributed by atoms with Crippen LogP contribution >= 0.6 is 15.9 Å². The Labute approximate surface area is 151 Å². The Hall–Kier alpha value is -1.85. The van der Waals surface area contributed by atoms with Crippen molar-refractivity contribution < 1.29 is 14.6 Å². The van der Waals surface area contributed by atoms with Crippen LogP contribution < -0.4 is 4.74 Å². The van der Waals surface area contributed by atoms with Crippen LogP contribution in [0.4, 0.5) is 0 Å². The maximum Gasteiger partial charge on any atom is 0.311 e. The number of rotatable bonds is 8. The summed E-state index contributed by atoms with van der Waals surface area (Å²) in [6, 6.07) is 15.0. The van der Waals surface area contributed by atoms with E-state index in [4.69, 9.17) is 4.74 Å². The maximum absolute atomic E-state index is 11.7. The lowest BCUT2D eigenvalue weighted by Gasteiger charge is -2.17. The van der Waals surface area contributed by atoms with Crippen molar-refractivity contribution >= 4 is 21.9 Å². The third kappa shape index (κ3) is 5.35. The van der Waals surface area contributed by atoms with Crippen LogP contribution in [0, 0.1) is 0 Å². The van der Waals surface area contributed by atoms with Crippen molar-refractivity contribution in [3.8, 4) is 5.75 Å². The average Bonchev–Trinajstić information content (AvgIpc) is 2.54. The molecule has 0 amide bonds. The molecule has 24 heavy (non-hydrogen) atoms. The van der Waals surface area contributed by atoms with Crippen molar-refractivity contribution in [3.05, 3.63) is 64.1 Å². The first-order valence-corrected chi connectivity index (χ1v) is 8.60. The Morgan fingerprint density at radius 3 is 2.54 bits per heavy atom. The van der Waals surface area contributed by atoms with Crippen LogP contribution in [0.15, 0.2) is 53.0 Å². The molecule has 0 bridgehead atoms. The van der Waals surface area contributed by atoms with E-state index in [1.54, 1.807) is 0 Å². The summed E-state index contributed by atoms with van der Waals surface area (Å²) in [4.78, 5) is 13.8. The molecule has 0 saturated carbocycles. The number of ether oxygens (including phenoxy) is 1. The number of likely N-dealkylation sites (N-methyl/N-ethyl adjacent to an activating group) is 1. The third-order valence-electron chi connectivity index (χ3n) is 3.74. The van der Waals surface area contributed by atoms with E-state index in [1.165, 1.54) is 0 Å². The number of halogens is 1. The minimum atomic E-state index is -0.833. The fourth-order valence-corrected chi connectivity index (χ4v) is 2.85. The second kappa shape index (κ2) is 8.85. The molecule has 128 valence electrons. The van der Waals surface area contributed by atoms with Gasteiger partial charge in [0.2, 0.25) is 0 Å². The number of carboxylic acid groups (broad SMARTS) is 1. The summed E-state index contributed by atoms with van der Waals surface area (Å²) in [5, 5.41) is 9.64. The van der Waals surface area contributed by atoms with Gasteiger partial charge >= 0.3 is 5.97 Å². The summed E-state index contributed by atoms with van der Waals surface area (Å²) in [5.41, 5.74) is 1.68. The van der Waals surface area contributed by atoms with E-state index in [0.717, 1.165) is 27.9 Å². The van der Waals surface area contributed by atoms with E-state index in [2.05, 4.69) is 15.9 Å². The molecule has 1 unspecified atom stereocenters. The van der Waals surface area contributed by atoms with Crippen molar-refractivity contribution in [1.82, 2.24) is 4.90 Å². The van der Waals surface area contributed by atoms with E-state index >= 15 is 0 Å². The van der Waals surface area contributed by atoms with Crippen LogP contribution in [-0.2, 0) is 11.2 Å². The number of aliphatic carboxylic acids is 1. The summed E-state index contributed by atoms with van der Waals surface area (Å²) in [5.74, 6) is -0.695. The molecule has 0 aliphatic rings. The van der Waals surface area contributed by atoms with Crippen LogP contribution in [-0.4, -0.2) is 43.2 Å². The van der Waals surface area contributed by atoms with Crippen LogP contribution in [0.1, 0.15) is 17.0 Å². The van der Waals surface area contributed by atoms with Gasteiger partial charge in [-0.3, -0.25) is 4.79 Å². The highest BCUT2D eigenvalue weighted by atomic mass is 79.9. The van der Waals surface area contributed by atoms with Crippen LogP contribution in [0.5, 0.6) is 5.75 Å². The van der Waals surface area contributed by atoms with Gasteiger partial charge in [0.15, 0.2) is 0 Å². The predicted molar refractivity (Wildman–Crippen MR) is 98.7 cm³/mol. The van der Waals surface area contributed by atoms with Gasteiger partial charge in [0.1, 0.15) is 12.4 Å². The molecule has 0 heterocycles. The summed E-state index contributed by atoms with van der Waals surface area (Å²) in [6.07, 6.45) is 0.385. The molecule has 2 aromatic rings. The zero-order valence-electron chi connectivity index (χ0n) is 13.9. The van der Waals surface area contributed by atoms with Gasteiger partial charge in [-0.05, 0) is 49.8 Å². The fraction of sp³-hybridized carbons (Fsp3) is 0.316. The van der Waals surface area contributed by atoms with Crippen LogP contribution in [0.2, 0.25) is 0 Å². The Kier molecular flexibility index (Phi) is 6.82. The molecule has 2 rings (SSSR count). The number of nitrogens with zero attached hydrogens (tertiary/aromatic N) is 1. The molecule has 5 heteroatoms. The molecule has 0 saturated heterocycles. The average molecular weight is 392 g/mol. The number of benzene rings is 2. The monoisotopic (exact) mass is 391 g/mol. The van der Waals surface area contributed by atoms with Crippen molar-refractivity contribution in [2.75, 3.05) is 27.2 Å². The smallest absolute Gasteiger partial charge is 0.311 e. The van der Waals surface area contributed by atoms with E-state index in [1.807, 2.05) is 67.5 Å². The quantitative estimate of drug-likeness (QED) is 0.743. The molecule has 1 atom stereocenters. The summed E-state index contributed by atoms with van der Waals surface area (Å²) in [7, 11) is 3.98. The second-order valence-corrected chi connectivity index (χ2v) is 6.83. The second-order valence-electron chi connectivity index (χ2n) is 5.91. The van der Waals surface area contributed by atoms with Crippen molar-refractivity contribution in [2.24, 2.45) is 0 Å². The Morgan fingerprint density at radius 1 is 1.21 bits per heavy atom. The minimum Gasteiger partial charge on any atom is -0.492 e. The van der Waals surface area contributed by atoms with Gasteiger partial charge in [-0.1, -0.05) is 46.3 Å². The summed E-state index contributed by atoms with van der Waals surface area (Å²) in [6.45, 7) is 1.36. The van der Waals surface area contributed by atoms with E-state index in [0.29, 0.717) is 13.0 Å². The first-order chi connectivity index (χ1) is 11.5. The highest BCUT2D eigenvalue weighted by Crippen LogP contribution is 2.29. The van der Waals surface area contributed by atoms with E-state index < -0.39 is 11.9 Å². The molecule has 0 fully saturated rings. The van der Waals surface area contributed by atoms with Crippen LogP contribution in [0.3, 0.4) is 0 Å². The van der Waals surface area contributed by atoms with Gasteiger partial charge in [-0.2, -0.15) is 0 Å². The van der Waals surface area contributed by atoms with Gasteiger partial charge in [-0.25, -0.2) is 0 Å². The molecule has 1 N–H and O–H groups in total. The fourth-order valence-electron chi connectivity index (χ4n) is 2.44. The van der Waals surface area contributed by atoms with Crippen molar-refractivity contribution in [2.45, 2.75) is 12.3 Å². The van der Waals surface area contributed by atoms with E-state index in [9.17, 15) is 9.90 Å². The van der Waals surface area contributed by atoms with Crippen LogP contribution in [0.25, 0.3) is 0 Å². The number of hydrogen-bond donors (Lipinski definition) is 1. The lowest BCUT2D eigenvalue weighted by Crippen LogP contribution is -2.20. The SMILES string of the molecule is CN(C)CCOc1ccc(Br)cc1CC(C(=O)O)c1ccccc1. The third-order valence-corrected chi connectivity index (χ3v) is 4.24. The molecule has 0 radical (unpaired) electrons. The maximum atomic E-state index is 11.7. The molecule has 0 aliphatic carbocycles. The molecule has 4 nitrogen and oxygen atoms in total.